The lowest BCUT2D eigenvalue weighted by Gasteiger charge is -2.10. The van der Waals surface area contributed by atoms with E-state index >= 15 is 0 Å². The lowest BCUT2D eigenvalue weighted by atomic mass is 10.0. The molecule has 0 saturated heterocycles. The molecule has 0 saturated carbocycles. The molecule has 0 aliphatic heterocycles. The number of nitrogens with two attached hydrogens (primary N) is 2. The molecule has 0 heterocycles. The van der Waals surface area contributed by atoms with Crippen LogP contribution in [0.4, 0.5) is 5.69 Å². The summed E-state index contributed by atoms with van der Waals surface area (Å²) in [6.07, 6.45) is -0.475. The molecule has 0 fully saturated rings. The normalized spacial score (nSPS) is 12.9. The van der Waals surface area contributed by atoms with Gasteiger partial charge >= 0.3 is 5.97 Å². The smallest absolute Gasteiger partial charge is 0.320 e. The molecule has 0 radical (unpaired) electrons. The van der Waals surface area contributed by atoms with Crippen molar-refractivity contribution in [1.82, 2.24) is 0 Å². The third-order valence-electron chi connectivity index (χ3n) is 2.61. The molecule has 0 amide bonds. The number of ketones is 1. The number of hydrogen-bond acceptors (Lipinski definition) is 6. The molecule has 1 unspecified atom stereocenters. The Kier molecular flexibility index (Phi) is 4.82. The van der Waals surface area contributed by atoms with E-state index in [-0.39, 0.29) is 24.1 Å². The molecule has 0 spiro atoms. The zero-order chi connectivity index (χ0) is 15.5. The van der Waals surface area contributed by atoms with Gasteiger partial charge in [0.25, 0.3) is 10.1 Å². The van der Waals surface area contributed by atoms with E-state index in [0.717, 1.165) is 6.07 Å². The van der Waals surface area contributed by atoms with E-state index in [9.17, 15) is 18.0 Å². The van der Waals surface area contributed by atoms with E-state index < -0.39 is 32.8 Å². The zero-order valence-electron chi connectivity index (χ0n) is 10.3. The van der Waals surface area contributed by atoms with Gasteiger partial charge in [0.05, 0.1) is 5.56 Å². The van der Waals surface area contributed by atoms with Gasteiger partial charge in [-0.15, -0.1) is 0 Å². The Morgan fingerprint density at radius 3 is 2.40 bits per heavy atom. The number of rotatable bonds is 6. The molecular weight excluding hydrogens is 288 g/mol. The van der Waals surface area contributed by atoms with Crippen molar-refractivity contribution >= 4 is 27.6 Å². The van der Waals surface area contributed by atoms with E-state index in [0.29, 0.717) is 0 Å². The van der Waals surface area contributed by atoms with E-state index in [4.69, 9.17) is 21.1 Å². The van der Waals surface area contributed by atoms with Crippen LogP contribution >= 0.6 is 0 Å². The lowest BCUT2D eigenvalue weighted by Crippen LogP contribution is -2.30. The summed E-state index contributed by atoms with van der Waals surface area (Å²) in [5, 5.41) is 8.61. The molecule has 1 rings (SSSR count). The van der Waals surface area contributed by atoms with Crippen LogP contribution in [0.25, 0.3) is 0 Å². The Morgan fingerprint density at radius 2 is 1.90 bits per heavy atom. The molecule has 0 aromatic heterocycles. The van der Waals surface area contributed by atoms with Crippen molar-refractivity contribution in [3.63, 3.8) is 0 Å². The van der Waals surface area contributed by atoms with E-state index in [1.807, 2.05) is 0 Å². The number of hydrogen-bond donors (Lipinski definition) is 4. The molecule has 1 aromatic rings. The zero-order valence-corrected chi connectivity index (χ0v) is 11.1. The number of carboxylic acids is 1. The average molecular weight is 302 g/mol. The van der Waals surface area contributed by atoms with Gasteiger partial charge in [0.2, 0.25) is 0 Å². The summed E-state index contributed by atoms with van der Waals surface area (Å²) < 4.78 is 31.4. The van der Waals surface area contributed by atoms with Crippen molar-refractivity contribution in [2.75, 3.05) is 5.73 Å². The molecule has 0 bridgehead atoms. The van der Waals surface area contributed by atoms with Crippen LogP contribution in [0.3, 0.4) is 0 Å². The van der Waals surface area contributed by atoms with E-state index in [2.05, 4.69) is 0 Å². The summed E-state index contributed by atoms with van der Waals surface area (Å²) in [6.45, 7) is 0. The Morgan fingerprint density at radius 1 is 1.30 bits per heavy atom. The molecular formula is C11H14N2O6S. The molecule has 1 atom stereocenters. The summed E-state index contributed by atoms with van der Waals surface area (Å²) in [6, 6.07) is 2.38. The van der Waals surface area contributed by atoms with Gasteiger partial charge in [-0.2, -0.15) is 8.42 Å². The third kappa shape index (κ3) is 3.76. The Labute approximate surface area is 115 Å². The van der Waals surface area contributed by atoms with Gasteiger partial charge in [-0.1, -0.05) is 6.07 Å². The van der Waals surface area contributed by atoms with Crippen LogP contribution in [0.5, 0.6) is 0 Å². The Balaban J connectivity index is 3.08. The summed E-state index contributed by atoms with van der Waals surface area (Å²) >= 11 is 0. The fourth-order valence-electron chi connectivity index (χ4n) is 1.60. The molecule has 0 aliphatic rings. The highest BCUT2D eigenvalue weighted by Gasteiger charge is 2.23. The Bertz CT molecular complexity index is 640. The van der Waals surface area contributed by atoms with Crippen LogP contribution in [0.15, 0.2) is 23.1 Å². The maximum atomic E-state index is 12.0. The number of aliphatic carboxylic acids is 1. The predicted octanol–water partition coefficient (Wildman–Crippen LogP) is -0.110. The second kappa shape index (κ2) is 5.99. The highest BCUT2D eigenvalue weighted by Crippen LogP contribution is 2.23. The van der Waals surface area contributed by atoms with Crippen molar-refractivity contribution in [2.24, 2.45) is 5.73 Å². The number of carbonyl (C=O) groups excluding carboxylic acids is 1. The maximum Gasteiger partial charge on any atom is 0.320 e. The first-order chi connectivity index (χ1) is 9.14. The highest BCUT2D eigenvalue weighted by atomic mass is 32.2. The van der Waals surface area contributed by atoms with Gasteiger partial charge in [-0.25, -0.2) is 0 Å². The quantitative estimate of drug-likeness (QED) is 0.321. The predicted molar refractivity (Wildman–Crippen MR) is 69.8 cm³/mol. The van der Waals surface area contributed by atoms with Gasteiger partial charge < -0.3 is 16.6 Å². The SMILES string of the molecule is Nc1cccc(S(=O)(=O)O)c1C(=O)CCC(N)C(=O)O. The summed E-state index contributed by atoms with van der Waals surface area (Å²) in [5.74, 6) is -1.97. The van der Waals surface area contributed by atoms with Crippen molar-refractivity contribution < 1.29 is 27.7 Å². The average Bonchev–Trinajstić information content (AvgIpc) is 2.33. The molecule has 20 heavy (non-hydrogen) atoms. The number of nitrogen functional groups attached to an aromatic ring is 1. The second-order valence-corrected chi connectivity index (χ2v) is 5.49. The minimum atomic E-state index is -4.60. The topological polar surface area (TPSA) is 161 Å². The number of carbonyl (C=O) groups is 2. The second-order valence-electron chi connectivity index (χ2n) is 4.10. The molecule has 0 aliphatic carbocycles. The fraction of sp³-hybridized carbons (Fsp3) is 0.273. The van der Waals surface area contributed by atoms with Crippen LogP contribution in [0.2, 0.25) is 0 Å². The maximum absolute atomic E-state index is 12.0. The van der Waals surface area contributed by atoms with Crippen molar-refractivity contribution in [3.8, 4) is 0 Å². The minimum absolute atomic E-state index is 0.117. The van der Waals surface area contributed by atoms with Gasteiger partial charge in [-0.05, 0) is 18.6 Å². The number of benzene rings is 1. The first kappa shape index (κ1) is 16.1. The lowest BCUT2D eigenvalue weighted by molar-refractivity contribution is -0.138. The summed E-state index contributed by atoms with van der Waals surface area (Å²) in [7, 11) is -4.60. The molecule has 9 heteroatoms. The summed E-state index contributed by atoms with van der Waals surface area (Å²) in [4.78, 5) is 21.9. The first-order valence-electron chi connectivity index (χ1n) is 5.52. The van der Waals surface area contributed by atoms with Gasteiger partial charge in [0, 0.05) is 12.1 Å². The van der Waals surface area contributed by atoms with Crippen molar-refractivity contribution in [3.05, 3.63) is 23.8 Å². The van der Waals surface area contributed by atoms with Crippen LogP contribution in [-0.4, -0.2) is 35.9 Å². The minimum Gasteiger partial charge on any atom is -0.480 e. The van der Waals surface area contributed by atoms with Crippen LogP contribution < -0.4 is 11.5 Å². The Hall–Kier alpha value is -1.97. The third-order valence-corrected chi connectivity index (χ3v) is 3.51. The fourth-order valence-corrected chi connectivity index (χ4v) is 2.34. The van der Waals surface area contributed by atoms with Crippen molar-refractivity contribution in [2.45, 2.75) is 23.8 Å². The number of anilines is 1. The monoisotopic (exact) mass is 302 g/mol. The first-order valence-corrected chi connectivity index (χ1v) is 6.96. The molecule has 6 N–H and O–H groups in total. The van der Waals surface area contributed by atoms with Gasteiger partial charge in [0.1, 0.15) is 10.9 Å². The number of carboxylic acid groups (broad SMARTS) is 1. The van der Waals surface area contributed by atoms with E-state index in [1.165, 1.54) is 12.1 Å². The molecule has 8 nitrogen and oxygen atoms in total. The largest absolute Gasteiger partial charge is 0.480 e. The van der Waals surface area contributed by atoms with Crippen LogP contribution in [0, 0.1) is 0 Å². The van der Waals surface area contributed by atoms with Gasteiger partial charge in [-0.3, -0.25) is 14.1 Å². The van der Waals surface area contributed by atoms with E-state index in [1.54, 1.807) is 0 Å². The standard InChI is InChI=1S/C11H14N2O6S/c12-6-2-1-3-9(20(17,18)19)10(6)8(14)5-4-7(13)11(15)16/h1-3,7H,4-5,12-13H2,(H,15,16)(H,17,18,19). The molecule has 110 valence electrons. The summed E-state index contributed by atoms with van der Waals surface area (Å²) in [5.41, 5.74) is 10.3. The highest BCUT2D eigenvalue weighted by molar-refractivity contribution is 7.86. The van der Waals surface area contributed by atoms with Crippen LogP contribution in [-0.2, 0) is 14.9 Å². The molecule has 1 aromatic carbocycles. The van der Waals surface area contributed by atoms with Crippen molar-refractivity contribution in [1.29, 1.82) is 0 Å². The van der Waals surface area contributed by atoms with Gasteiger partial charge in [0.15, 0.2) is 5.78 Å². The van der Waals surface area contributed by atoms with Crippen LogP contribution in [0.1, 0.15) is 23.2 Å². The number of Topliss-reactive ketones (excluding diaryl/α,β-unsaturated/α-hetero) is 1.